The van der Waals surface area contributed by atoms with E-state index >= 15 is 0 Å². The predicted molar refractivity (Wildman–Crippen MR) is 83.6 cm³/mol. The summed E-state index contributed by atoms with van der Waals surface area (Å²) >= 11 is 0. The Labute approximate surface area is 135 Å². The van der Waals surface area contributed by atoms with Crippen molar-refractivity contribution >= 4 is 5.91 Å². The van der Waals surface area contributed by atoms with E-state index in [1.807, 2.05) is 30.0 Å². The van der Waals surface area contributed by atoms with Crippen molar-refractivity contribution < 1.29 is 18.8 Å². The van der Waals surface area contributed by atoms with Crippen molar-refractivity contribution in [2.45, 2.75) is 26.3 Å². The van der Waals surface area contributed by atoms with Crippen LogP contribution in [-0.4, -0.2) is 36.7 Å². The van der Waals surface area contributed by atoms with Crippen molar-refractivity contribution in [2.75, 3.05) is 20.8 Å². The molecule has 3 rings (SSSR count). The minimum absolute atomic E-state index is 0.0666. The number of fused-ring (bicyclic) bond motifs is 1. The molecule has 0 N–H and O–H groups in total. The van der Waals surface area contributed by atoms with Crippen molar-refractivity contribution in [3.8, 4) is 11.5 Å². The van der Waals surface area contributed by atoms with Crippen LogP contribution in [-0.2, 0) is 24.2 Å². The summed E-state index contributed by atoms with van der Waals surface area (Å²) in [5.74, 6) is 2.15. The maximum absolute atomic E-state index is 12.5. The average molecular weight is 316 g/mol. The van der Waals surface area contributed by atoms with Gasteiger partial charge in [-0.15, -0.1) is 0 Å². The molecule has 0 bridgehead atoms. The van der Waals surface area contributed by atoms with Gasteiger partial charge in [0.25, 0.3) is 0 Å². The van der Waals surface area contributed by atoms with E-state index < -0.39 is 0 Å². The number of ether oxygens (including phenoxy) is 2. The van der Waals surface area contributed by atoms with Crippen LogP contribution in [0.1, 0.15) is 22.6 Å². The fraction of sp³-hybridized carbons (Fsp3) is 0.412. The molecule has 1 aliphatic heterocycles. The second kappa shape index (κ2) is 6.32. The lowest BCUT2D eigenvalue weighted by molar-refractivity contribution is -0.131. The monoisotopic (exact) mass is 316 g/mol. The minimum Gasteiger partial charge on any atom is -0.493 e. The quantitative estimate of drug-likeness (QED) is 0.864. The second-order valence-corrected chi connectivity index (χ2v) is 5.60. The van der Waals surface area contributed by atoms with Crippen LogP contribution in [0, 0.1) is 6.92 Å². The Balaban J connectivity index is 1.70. The first-order valence-electron chi connectivity index (χ1n) is 7.55. The van der Waals surface area contributed by atoms with E-state index in [9.17, 15) is 4.79 Å². The highest BCUT2D eigenvalue weighted by molar-refractivity contribution is 5.79. The van der Waals surface area contributed by atoms with Crippen LogP contribution in [0.25, 0.3) is 0 Å². The molecule has 1 amide bonds. The van der Waals surface area contributed by atoms with Gasteiger partial charge in [0.1, 0.15) is 0 Å². The predicted octanol–water partition coefficient (Wildman–Crippen LogP) is 2.13. The summed E-state index contributed by atoms with van der Waals surface area (Å²) in [6.45, 7) is 3.12. The molecule has 0 unspecified atom stereocenters. The van der Waals surface area contributed by atoms with Crippen molar-refractivity contribution in [3.63, 3.8) is 0 Å². The average Bonchev–Trinajstić information content (AvgIpc) is 2.95. The van der Waals surface area contributed by atoms with Gasteiger partial charge in [0, 0.05) is 12.1 Å². The van der Waals surface area contributed by atoms with Gasteiger partial charge in [-0.3, -0.25) is 4.79 Å². The van der Waals surface area contributed by atoms with E-state index in [1.54, 1.807) is 14.2 Å². The van der Waals surface area contributed by atoms with Gasteiger partial charge in [0.2, 0.25) is 5.91 Å². The topological polar surface area (TPSA) is 64.8 Å². The van der Waals surface area contributed by atoms with Crippen LogP contribution >= 0.6 is 0 Å². The molecule has 0 atom stereocenters. The summed E-state index contributed by atoms with van der Waals surface area (Å²) in [7, 11) is 3.18. The van der Waals surface area contributed by atoms with Crippen molar-refractivity contribution in [1.29, 1.82) is 0 Å². The zero-order chi connectivity index (χ0) is 16.4. The fourth-order valence-electron chi connectivity index (χ4n) is 2.87. The maximum atomic E-state index is 12.5. The van der Waals surface area contributed by atoms with E-state index in [0.29, 0.717) is 31.0 Å². The molecular weight excluding hydrogens is 296 g/mol. The van der Waals surface area contributed by atoms with Gasteiger partial charge < -0.3 is 18.9 Å². The summed E-state index contributed by atoms with van der Waals surface area (Å²) in [5, 5.41) is 3.97. The Kier molecular flexibility index (Phi) is 4.23. The SMILES string of the molecule is COc1ccc(CC(=O)N2CCc3c(C)noc3C2)cc1OC. The summed E-state index contributed by atoms with van der Waals surface area (Å²) < 4.78 is 15.8. The molecule has 0 fully saturated rings. The number of methoxy groups -OCH3 is 2. The normalized spacial score (nSPS) is 13.6. The lowest BCUT2D eigenvalue weighted by atomic mass is 10.0. The maximum Gasteiger partial charge on any atom is 0.227 e. The molecule has 0 spiro atoms. The number of nitrogens with zero attached hydrogens (tertiary/aromatic N) is 2. The lowest BCUT2D eigenvalue weighted by Crippen LogP contribution is -2.36. The molecule has 1 aliphatic rings. The molecule has 0 radical (unpaired) electrons. The number of hydrogen-bond acceptors (Lipinski definition) is 5. The highest BCUT2D eigenvalue weighted by Gasteiger charge is 2.25. The number of aryl methyl sites for hydroxylation is 1. The van der Waals surface area contributed by atoms with Crippen LogP contribution in [0.15, 0.2) is 22.7 Å². The summed E-state index contributed by atoms with van der Waals surface area (Å²) in [5.41, 5.74) is 2.96. The molecular formula is C17H20N2O4. The first-order chi connectivity index (χ1) is 11.1. The standard InChI is InChI=1S/C17H20N2O4/c1-11-13-6-7-19(10-16(13)23-18-11)17(20)9-12-4-5-14(21-2)15(8-12)22-3/h4-5,8H,6-7,9-10H2,1-3H3. The first kappa shape index (κ1) is 15.4. The molecule has 122 valence electrons. The van der Waals surface area contributed by atoms with Crippen LogP contribution in [0.4, 0.5) is 0 Å². The van der Waals surface area contributed by atoms with E-state index in [1.165, 1.54) is 0 Å². The van der Waals surface area contributed by atoms with Gasteiger partial charge in [0.05, 0.1) is 32.9 Å². The van der Waals surface area contributed by atoms with Crippen LogP contribution in [0.5, 0.6) is 11.5 Å². The Hall–Kier alpha value is -2.50. The molecule has 2 aromatic rings. The van der Waals surface area contributed by atoms with Crippen molar-refractivity contribution in [3.05, 3.63) is 40.8 Å². The van der Waals surface area contributed by atoms with Gasteiger partial charge >= 0.3 is 0 Å². The largest absolute Gasteiger partial charge is 0.493 e. The summed E-state index contributed by atoms with van der Waals surface area (Å²) in [6.07, 6.45) is 1.12. The highest BCUT2D eigenvalue weighted by Crippen LogP contribution is 2.28. The van der Waals surface area contributed by atoms with Gasteiger partial charge in [-0.2, -0.15) is 0 Å². The Morgan fingerprint density at radius 3 is 2.83 bits per heavy atom. The first-order valence-corrected chi connectivity index (χ1v) is 7.55. The molecule has 0 saturated heterocycles. The van der Waals surface area contributed by atoms with E-state index in [0.717, 1.165) is 29.0 Å². The van der Waals surface area contributed by atoms with Gasteiger partial charge in [-0.1, -0.05) is 11.2 Å². The molecule has 0 aliphatic carbocycles. The molecule has 23 heavy (non-hydrogen) atoms. The number of aromatic nitrogens is 1. The summed E-state index contributed by atoms with van der Waals surface area (Å²) in [4.78, 5) is 14.3. The zero-order valence-corrected chi connectivity index (χ0v) is 13.6. The van der Waals surface area contributed by atoms with Crippen LogP contribution in [0.3, 0.4) is 0 Å². The third-order valence-electron chi connectivity index (χ3n) is 4.19. The number of amides is 1. The fourth-order valence-corrected chi connectivity index (χ4v) is 2.87. The minimum atomic E-state index is 0.0666. The smallest absolute Gasteiger partial charge is 0.227 e. The second-order valence-electron chi connectivity index (χ2n) is 5.60. The molecule has 1 aromatic heterocycles. The number of carbonyl (C=O) groups excluding carboxylic acids is 1. The molecule has 6 heteroatoms. The lowest BCUT2D eigenvalue weighted by Gasteiger charge is -2.25. The van der Waals surface area contributed by atoms with E-state index in [2.05, 4.69) is 5.16 Å². The van der Waals surface area contributed by atoms with E-state index in [-0.39, 0.29) is 5.91 Å². The zero-order valence-electron chi connectivity index (χ0n) is 13.6. The van der Waals surface area contributed by atoms with Crippen molar-refractivity contribution in [1.82, 2.24) is 10.1 Å². The third-order valence-corrected chi connectivity index (χ3v) is 4.19. The molecule has 6 nitrogen and oxygen atoms in total. The highest BCUT2D eigenvalue weighted by atomic mass is 16.5. The third kappa shape index (κ3) is 3.02. The number of benzene rings is 1. The van der Waals surface area contributed by atoms with Gasteiger partial charge in [0.15, 0.2) is 17.3 Å². The van der Waals surface area contributed by atoms with Crippen molar-refractivity contribution in [2.24, 2.45) is 0 Å². The van der Waals surface area contributed by atoms with Crippen LogP contribution in [0.2, 0.25) is 0 Å². The number of carbonyl (C=O) groups is 1. The summed E-state index contributed by atoms with van der Waals surface area (Å²) in [6, 6.07) is 5.54. The van der Waals surface area contributed by atoms with E-state index in [4.69, 9.17) is 14.0 Å². The number of rotatable bonds is 4. The molecule has 2 heterocycles. The van der Waals surface area contributed by atoms with Gasteiger partial charge in [-0.05, 0) is 31.0 Å². The Morgan fingerprint density at radius 1 is 1.30 bits per heavy atom. The Morgan fingerprint density at radius 2 is 2.09 bits per heavy atom. The molecule has 0 saturated carbocycles. The van der Waals surface area contributed by atoms with Gasteiger partial charge in [-0.25, -0.2) is 0 Å². The van der Waals surface area contributed by atoms with Crippen LogP contribution < -0.4 is 9.47 Å². The molecule has 1 aromatic carbocycles. The number of hydrogen-bond donors (Lipinski definition) is 0. The Bertz CT molecular complexity index is 723.